The van der Waals surface area contributed by atoms with Gasteiger partial charge in [-0.05, 0) is 37.8 Å². The molecular formula is C12H15ClN2O2. The molecule has 1 aromatic rings. The number of nitrogens with zero attached hydrogens (tertiary/aromatic N) is 1. The molecule has 2 rings (SSSR count). The van der Waals surface area contributed by atoms with E-state index < -0.39 is 0 Å². The Morgan fingerprint density at radius 3 is 2.76 bits per heavy atom. The molecule has 17 heavy (non-hydrogen) atoms. The maximum Gasteiger partial charge on any atom is 0.175 e. The molecule has 0 spiro atoms. The SMILES string of the molecule is NC(=NO)c1c(Cl)cccc1OC1CCCC1. The summed E-state index contributed by atoms with van der Waals surface area (Å²) in [5.41, 5.74) is 6.07. The van der Waals surface area contributed by atoms with Gasteiger partial charge in [0.25, 0.3) is 0 Å². The van der Waals surface area contributed by atoms with Crippen molar-refractivity contribution in [1.82, 2.24) is 0 Å². The molecule has 92 valence electrons. The van der Waals surface area contributed by atoms with Gasteiger partial charge in [0.15, 0.2) is 5.84 Å². The highest BCUT2D eigenvalue weighted by atomic mass is 35.5. The Morgan fingerprint density at radius 2 is 2.12 bits per heavy atom. The van der Waals surface area contributed by atoms with E-state index in [1.54, 1.807) is 18.2 Å². The zero-order valence-corrected chi connectivity index (χ0v) is 10.2. The molecule has 3 N–H and O–H groups in total. The summed E-state index contributed by atoms with van der Waals surface area (Å²) in [5, 5.41) is 12.2. The first-order valence-corrected chi connectivity index (χ1v) is 6.03. The lowest BCUT2D eigenvalue weighted by atomic mass is 10.1. The number of halogens is 1. The maximum absolute atomic E-state index is 8.75. The van der Waals surface area contributed by atoms with Gasteiger partial charge in [-0.15, -0.1) is 0 Å². The highest BCUT2D eigenvalue weighted by Crippen LogP contribution is 2.30. The Labute approximate surface area is 105 Å². The Bertz CT molecular complexity index is 429. The predicted octanol–water partition coefficient (Wildman–Crippen LogP) is 2.76. The summed E-state index contributed by atoms with van der Waals surface area (Å²) < 4.78 is 5.85. The van der Waals surface area contributed by atoms with Gasteiger partial charge >= 0.3 is 0 Å². The first kappa shape index (κ1) is 12.0. The summed E-state index contributed by atoms with van der Waals surface area (Å²) in [6, 6.07) is 5.27. The maximum atomic E-state index is 8.75. The van der Waals surface area contributed by atoms with Crippen LogP contribution in [0, 0.1) is 0 Å². The Balaban J connectivity index is 2.29. The number of rotatable bonds is 3. The fraction of sp³-hybridized carbons (Fsp3) is 0.417. The Hall–Kier alpha value is -1.42. The molecule has 1 aliphatic carbocycles. The molecule has 0 heterocycles. The molecule has 4 nitrogen and oxygen atoms in total. The van der Waals surface area contributed by atoms with E-state index in [2.05, 4.69) is 5.16 Å². The number of hydrogen-bond acceptors (Lipinski definition) is 3. The molecule has 0 bridgehead atoms. The topological polar surface area (TPSA) is 67.8 Å². The average Bonchev–Trinajstić information content (AvgIpc) is 2.81. The number of benzene rings is 1. The van der Waals surface area contributed by atoms with E-state index in [0.717, 1.165) is 12.8 Å². The number of amidine groups is 1. The van der Waals surface area contributed by atoms with Crippen LogP contribution in [-0.4, -0.2) is 17.1 Å². The van der Waals surface area contributed by atoms with Crippen LogP contribution in [0.2, 0.25) is 5.02 Å². The minimum absolute atomic E-state index is 0.0244. The van der Waals surface area contributed by atoms with Crippen LogP contribution >= 0.6 is 11.6 Å². The first-order chi connectivity index (χ1) is 8.22. The monoisotopic (exact) mass is 254 g/mol. The number of nitrogens with two attached hydrogens (primary N) is 1. The lowest BCUT2D eigenvalue weighted by Gasteiger charge is -2.16. The van der Waals surface area contributed by atoms with Crippen molar-refractivity contribution in [3.05, 3.63) is 28.8 Å². The Kier molecular flexibility index (Phi) is 3.74. The van der Waals surface area contributed by atoms with Crippen LogP contribution in [0.15, 0.2) is 23.4 Å². The van der Waals surface area contributed by atoms with Crippen LogP contribution in [0.4, 0.5) is 0 Å². The molecule has 1 fully saturated rings. The summed E-state index contributed by atoms with van der Waals surface area (Å²) in [6.07, 6.45) is 4.66. The summed E-state index contributed by atoms with van der Waals surface area (Å²) in [6.45, 7) is 0. The van der Waals surface area contributed by atoms with E-state index in [1.165, 1.54) is 12.8 Å². The van der Waals surface area contributed by atoms with Crippen molar-refractivity contribution < 1.29 is 9.94 Å². The van der Waals surface area contributed by atoms with Gasteiger partial charge in [0, 0.05) is 0 Å². The highest BCUT2D eigenvalue weighted by molar-refractivity contribution is 6.34. The lowest BCUT2D eigenvalue weighted by Crippen LogP contribution is -2.18. The summed E-state index contributed by atoms with van der Waals surface area (Å²) in [7, 11) is 0. The second kappa shape index (κ2) is 5.27. The zero-order chi connectivity index (χ0) is 12.3. The van der Waals surface area contributed by atoms with E-state index in [0.29, 0.717) is 16.3 Å². The summed E-state index contributed by atoms with van der Waals surface area (Å²) in [5.74, 6) is 0.559. The van der Waals surface area contributed by atoms with Crippen LogP contribution < -0.4 is 10.5 Å². The fourth-order valence-electron chi connectivity index (χ4n) is 2.09. The third-order valence-corrected chi connectivity index (χ3v) is 3.25. The van der Waals surface area contributed by atoms with E-state index in [-0.39, 0.29) is 11.9 Å². The third-order valence-electron chi connectivity index (χ3n) is 2.94. The number of hydrogen-bond donors (Lipinski definition) is 2. The fourth-order valence-corrected chi connectivity index (χ4v) is 2.35. The van der Waals surface area contributed by atoms with Crippen molar-refractivity contribution in [1.29, 1.82) is 0 Å². The molecule has 0 unspecified atom stereocenters. The molecule has 0 saturated heterocycles. The van der Waals surface area contributed by atoms with E-state index in [1.807, 2.05) is 0 Å². The second-order valence-electron chi connectivity index (χ2n) is 4.12. The molecule has 0 atom stereocenters. The predicted molar refractivity (Wildman–Crippen MR) is 66.8 cm³/mol. The van der Waals surface area contributed by atoms with E-state index in [4.69, 9.17) is 27.3 Å². The van der Waals surface area contributed by atoms with Crippen LogP contribution in [0.5, 0.6) is 5.75 Å². The minimum atomic E-state index is -0.0244. The van der Waals surface area contributed by atoms with Gasteiger partial charge in [0.05, 0.1) is 16.7 Å². The van der Waals surface area contributed by atoms with Crippen molar-refractivity contribution in [3.63, 3.8) is 0 Å². The molecule has 0 aliphatic heterocycles. The van der Waals surface area contributed by atoms with Gasteiger partial charge in [-0.3, -0.25) is 0 Å². The van der Waals surface area contributed by atoms with Gasteiger partial charge in [-0.1, -0.05) is 22.8 Å². The third kappa shape index (κ3) is 2.64. The van der Waals surface area contributed by atoms with Gasteiger partial charge in [-0.25, -0.2) is 0 Å². The van der Waals surface area contributed by atoms with Crippen LogP contribution in [0.25, 0.3) is 0 Å². The molecule has 1 aliphatic rings. The van der Waals surface area contributed by atoms with Crippen molar-refractivity contribution >= 4 is 17.4 Å². The molecule has 0 radical (unpaired) electrons. The smallest absolute Gasteiger partial charge is 0.175 e. The first-order valence-electron chi connectivity index (χ1n) is 5.65. The molecule has 1 saturated carbocycles. The van der Waals surface area contributed by atoms with Gasteiger partial charge < -0.3 is 15.7 Å². The molecule has 5 heteroatoms. The lowest BCUT2D eigenvalue weighted by molar-refractivity contribution is 0.209. The van der Waals surface area contributed by atoms with E-state index >= 15 is 0 Å². The van der Waals surface area contributed by atoms with Gasteiger partial charge in [-0.2, -0.15) is 0 Å². The van der Waals surface area contributed by atoms with Gasteiger partial charge in [0.1, 0.15) is 5.75 Å². The van der Waals surface area contributed by atoms with Crippen molar-refractivity contribution in [2.45, 2.75) is 31.8 Å². The normalized spacial score (nSPS) is 17.4. The van der Waals surface area contributed by atoms with Crippen molar-refractivity contribution in [2.24, 2.45) is 10.9 Å². The number of ether oxygens (including phenoxy) is 1. The quantitative estimate of drug-likeness (QED) is 0.377. The largest absolute Gasteiger partial charge is 0.490 e. The van der Waals surface area contributed by atoms with E-state index in [9.17, 15) is 0 Å². The average molecular weight is 255 g/mol. The standard InChI is InChI=1S/C12H15ClN2O2/c13-9-6-3-7-10(11(9)12(14)15-16)17-8-4-1-2-5-8/h3,6-8,16H,1-2,4-5H2,(H2,14,15). The summed E-state index contributed by atoms with van der Waals surface area (Å²) in [4.78, 5) is 0. The molecule has 0 aromatic heterocycles. The second-order valence-corrected chi connectivity index (χ2v) is 4.53. The summed E-state index contributed by atoms with van der Waals surface area (Å²) >= 11 is 6.04. The number of oxime groups is 1. The Morgan fingerprint density at radius 1 is 1.41 bits per heavy atom. The minimum Gasteiger partial charge on any atom is -0.490 e. The van der Waals surface area contributed by atoms with Crippen LogP contribution in [0.3, 0.4) is 0 Å². The van der Waals surface area contributed by atoms with Crippen LogP contribution in [-0.2, 0) is 0 Å². The molecule has 1 aromatic carbocycles. The zero-order valence-electron chi connectivity index (χ0n) is 9.40. The van der Waals surface area contributed by atoms with Crippen molar-refractivity contribution in [3.8, 4) is 5.75 Å². The molecule has 0 amide bonds. The van der Waals surface area contributed by atoms with Crippen LogP contribution in [0.1, 0.15) is 31.2 Å². The molecular weight excluding hydrogens is 240 g/mol. The highest BCUT2D eigenvalue weighted by Gasteiger charge is 2.20. The van der Waals surface area contributed by atoms with Gasteiger partial charge in [0.2, 0.25) is 0 Å². The van der Waals surface area contributed by atoms with Crippen molar-refractivity contribution in [2.75, 3.05) is 0 Å².